The lowest BCUT2D eigenvalue weighted by atomic mass is 9.81. The fourth-order valence-electron chi connectivity index (χ4n) is 11.4. The number of aromatic nitrogens is 6. The molecule has 2 aromatic carbocycles. The first-order valence-corrected chi connectivity index (χ1v) is 26.1. The van der Waals surface area contributed by atoms with Gasteiger partial charge in [-0.15, -0.1) is 21.5 Å². The number of H-pyrrole nitrogens is 1. The number of aliphatic hydroxyl groups is 1. The van der Waals surface area contributed by atoms with E-state index in [0.29, 0.717) is 29.2 Å². The van der Waals surface area contributed by atoms with Crippen molar-refractivity contribution in [3.05, 3.63) is 101 Å². The molecule has 1 saturated carbocycles. The number of carbonyl (C=O) groups is 3. The number of amides is 3. The summed E-state index contributed by atoms with van der Waals surface area (Å²) in [4.78, 5) is 67.0. The molecule has 10 rings (SSSR count). The van der Waals surface area contributed by atoms with Gasteiger partial charge in [-0.25, -0.2) is 15.0 Å². The highest BCUT2D eigenvalue weighted by atomic mass is 32.1. The molecular weight excluding hydrogens is 915 g/mol. The number of aryl methyl sites for hydroxylation is 1. The number of nitrogens with one attached hydrogen (secondary N) is 3. The van der Waals surface area contributed by atoms with E-state index in [0.717, 1.165) is 114 Å². The largest absolute Gasteiger partial charge is 0.507 e. The number of carbonyl (C=O) groups excluding carboxylic acids is 3. The number of β-amino-alcohol motifs (C(OH)–C–C–N with tert-alkyl or cyclic N) is 1. The summed E-state index contributed by atoms with van der Waals surface area (Å²) in [6.07, 6.45) is 9.48. The van der Waals surface area contributed by atoms with Crippen LogP contribution >= 0.6 is 11.3 Å². The average Bonchev–Trinajstić information content (AvgIpc) is 4.11. The third kappa shape index (κ3) is 10.0. The Bertz CT molecular complexity index is 2880. The van der Waals surface area contributed by atoms with E-state index in [1.165, 1.54) is 4.90 Å². The molecule has 1 aliphatic carbocycles. The van der Waals surface area contributed by atoms with Crippen molar-refractivity contribution in [1.29, 1.82) is 0 Å². The Balaban J connectivity index is 0.700. The normalized spacial score (nSPS) is 22.6. The van der Waals surface area contributed by atoms with Crippen molar-refractivity contribution in [2.24, 2.45) is 11.3 Å². The van der Waals surface area contributed by atoms with Crippen molar-refractivity contribution >= 4 is 46.0 Å². The number of anilines is 1. The van der Waals surface area contributed by atoms with E-state index in [1.54, 1.807) is 23.5 Å². The van der Waals surface area contributed by atoms with Crippen LogP contribution in [0.2, 0.25) is 0 Å². The van der Waals surface area contributed by atoms with E-state index in [4.69, 9.17) is 9.97 Å². The van der Waals surface area contributed by atoms with E-state index < -0.39 is 23.6 Å². The van der Waals surface area contributed by atoms with Crippen LogP contribution in [0.5, 0.6) is 5.75 Å². The molecule has 0 radical (unpaired) electrons. The van der Waals surface area contributed by atoms with Crippen LogP contribution in [0.15, 0.2) is 72.5 Å². The molecule has 0 spiro atoms. The SMILES string of the molecule is Cc1ncsc1-c1ccc(CNC(=O)[C@@H]2C[C@@H](O)CN2C(=O)[C@@H](NC(=O)C2CCC(N3CCC(c4cnc(N5CCc6[nH]c7nnc(-c8ccccc8O)cc7c6[C@@H]5C)nc4)CC3)CC2)C(C)(C)C)cc1. The maximum Gasteiger partial charge on any atom is 0.246 e. The van der Waals surface area contributed by atoms with E-state index in [2.05, 4.69) is 47.5 Å². The molecule has 4 aromatic heterocycles. The van der Waals surface area contributed by atoms with Crippen molar-refractivity contribution < 1.29 is 24.6 Å². The van der Waals surface area contributed by atoms with Crippen LogP contribution in [0.25, 0.3) is 32.7 Å². The predicted octanol–water partition coefficient (Wildman–Crippen LogP) is 7.22. The van der Waals surface area contributed by atoms with Crippen LogP contribution in [0.4, 0.5) is 5.95 Å². The first-order chi connectivity index (χ1) is 34.2. The van der Waals surface area contributed by atoms with Crippen LogP contribution in [0.3, 0.4) is 0 Å². The number of thiazole rings is 1. The molecule has 2 saturated heterocycles. The molecule has 3 amide bonds. The molecule has 16 nitrogen and oxygen atoms in total. The van der Waals surface area contributed by atoms with Crippen molar-refractivity contribution in [3.63, 3.8) is 0 Å². The second kappa shape index (κ2) is 20.1. The number of aliphatic hydroxyl groups excluding tert-OH is 1. The second-order valence-corrected chi connectivity index (χ2v) is 22.0. The van der Waals surface area contributed by atoms with Crippen molar-refractivity contribution in [2.45, 2.75) is 129 Å². The Morgan fingerprint density at radius 3 is 2.34 bits per heavy atom. The smallest absolute Gasteiger partial charge is 0.246 e. The number of phenolic OH excluding ortho intramolecular Hbond substituents is 1. The number of hydrogen-bond acceptors (Lipinski definition) is 13. The molecule has 3 fully saturated rings. The number of rotatable bonds is 11. The molecular formula is C54H65N11O5S. The van der Waals surface area contributed by atoms with Crippen LogP contribution in [-0.2, 0) is 27.3 Å². The fourth-order valence-corrected chi connectivity index (χ4v) is 12.3. The molecule has 6 aromatic rings. The van der Waals surface area contributed by atoms with Gasteiger partial charge in [-0.05, 0) is 112 Å². The van der Waals surface area contributed by atoms with Crippen molar-refractivity contribution in [1.82, 2.24) is 50.6 Å². The summed E-state index contributed by atoms with van der Waals surface area (Å²) in [5.74, 6) is 0.265. The van der Waals surface area contributed by atoms with Gasteiger partial charge in [0, 0.05) is 79.0 Å². The van der Waals surface area contributed by atoms with Crippen LogP contribution in [-0.4, -0.2) is 118 Å². The van der Waals surface area contributed by atoms with Gasteiger partial charge in [0.1, 0.15) is 17.8 Å². The number of piperidine rings is 1. The van der Waals surface area contributed by atoms with E-state index >= 15 is 0 Å². The quantitative estimate of drug-likeness (QED) is 0.0873. The summed E-state index contributed by atoms with van der Waals surface area (Å²) in [5, 5.41) is 37.2. The molecule has 71 heavy (non-hydrogen) atoms. The summed E-state index contributed by atoms with van der Waals surface area (Å²) in [6.45, 7) is 13.0. The summed E-state index contributed by atoms with van der Waals surface area (Å²) in [5.41, 5.74) is 9.64. The zero-order valence-electron chi connectivity index (χ0n) is 41.3. The Morgan fingerprint density at radius 1 is 0.915 bits per heavy atom. The van der Waals surface area contributed by atoms with E-state index in [9.17, 15) is 24.6 Å². The minimum Gasteiger partial charge on any atom is -0.507 e. The number of benzene rings is 2. The number of aromatic amines is 1. The molecule has 4 atom stereocenters. The number of phenols is 1. The first-order valence-electron chi connectivity index (χ1n) is 25.2. The highest BCUT2D eigenvalue weighted by Gasteiger charge is 2.45. The fraction of sp³-hybridized carbons (Fsp3) is 0.481. The van der Waals surface area contributed by atoms with Crippen LogP contribution in [0.1, 0.15) is 113 Å². The number of para-hydroxylation sites is 1. The van der Waals surface area contributed by atoms with Gasteiger partial charge in [0.15, 0.2) is 5.65 Å². The summed E-state index contributed by atoms with van der Waals surface area (Å²) in [6, 6.07) is 15.9. The maximum atomic E-state index is 14.3. The highest BCUT2D eigenvalue weighted by molar-refractivity contribution is 7.13. The Morgan fingerprint density at radius 2 is 1.65 bits per heavy atom. The van der Waals surface area contributed by atoms with E-state index in [-0.39, 0.29) is 54.9 Å². The number of hydrogen-bond donors (Lipinski definition) is 5. The third-order valence-electron chi connectivity index (χ3n) is 15.5. The standard InChI is InChI=1S/C54H65N11O5S/c1-31-47(71-30-58-31)35-12-10-33(11-13-35)26-55-51(69)44-24-39(66)29-65(44)52(70)48(54(3,4)5)60-50(68)36-14-16-38(17-15-36)63-21-18-34(19-22-63)37-27-56-53(57-28-37)64-23-20-42-46(32(64)2)41-25-43(61-62-49(41)59-42)40-8-6-7-9-45(40)67/h6-13,25,27-28,30,32,34,36,38-39,44,48,66-67H,14-24,26,29H2,1-5H3,(H,55,69)(H,59,62)(H,60,68)/t32-,36?,38?,39+,44-,48+/m0/s1. The molecule has 17 heteroatoms. The van der Waals surface area contributed by atoms with Gasteiger partial charge >= 0.3 is 0 Å². The lowest BCUT2D eigenvalue weighted by Gasteiger charge is -2.41. The molecule has 4 aliphatic rings. The number of fused-ring (bicyclic) bond motifs is 3. The Kier molecular flexibility index (Phi) is 13.7. The highest BCUT2D eigenvalue weighted by Crippen LogP contribution is 2.40. The first kappa shape index (κ1) is 48.3. The summed E-state index contributed by atoms with van der Waals surface area (Å²) >= 11 is 1.59. The van der Waals surface area contributed by atoms with Crippen LogP contribution < -0.4 is 15.5 Å². The molecule has 5 N–H and O–H groups in total. The van der Waals surface area contributed by atoms with Crippen molar-refractivity contribution in [2.75, 3.05) is 31.1 Å². The molecule has 7 heterocycles. The molecule has 3 aliphatic heterocycles. The van der Waals surface area contributed by atoms with Gasteiger partial charge in [0.25, 0.3) is 0 Å². The minimum absolute atomic E-state index is 0.00451. The predicted molar refractivity (Wildman–Crippen MR) is 273 cm³/mol. The van der Waals surface area contributed by atoms with E-state index in [1.807, 2.05) is 88.1 Å². The molecule has 372 valence electrons. The lowest BCUT2D eigenvalue weighted by molar-refractivity contribution is -0.144. The van der Waals surface area contributed by atoms with Crippen LogP contribution in [0, 0.1) is 18.3 Å². The van der Waals surface area contributed by atoms with Gasteiger partial charge in [-0.3, -0.25) is 14.4 Å². The molecule has 0 unspecified atom stereocenters. The van der Waals surface area contributed by atoms with Gasteiger partial charge in [-0.1, -0.05) is 57.2 Å². The third-order valence-corrected chi connectivity index (χ3v) is 16.5. The van der Waals surface area contributed by atoms with Gasteiger partial charge in [0.05, 0.1) is 33.9 Å². The average molecular weight is 980 g/mol. The van der Waals surface area contributed by atoms with Gasteiger partial charge < -0.3 is 40.5 Å². The minimum atomic E-state index is -0.857. The Labute approximate surface area is 418 Å². The molecule has 0 bridgehead atoms. The lowest BCUT2D eigenvalue weighted by Crippen LogP contribution is -2.58. The summed E-state index contributed by atoms with van der Waals surface area (Å²) < 4.78 is 0. The summed E-state index contributed by atoms with van der Waals surface area (Å²) in [7, 11) is 0. The number of nitrogens with zero attached hydrogens (tertiary/aromatic N) is 8. The maximum absolute atomic E-state index is 14.3. The zero-order chi connectivity index (χ0) is 49.6. The number of aromatic hydroxyl groups is 1. The monoisotopic (exact) mass is 979 g/mol. The van der Waals surface area contributed by atoms with Gasteiger partial charge in [-0.2, -0.15) is 0 Å². The topological polar surface area (TPSA) is 206 Å². The Hall–Kier alpha value is -6.30. The number of likely N-dealkylation sites (tertiary alicyclic amines) is 2. The second-order valence-electron chi connectivity index (χ2n) is 21.2. The zero-order valence-corrected chi connectivity index (χ0v) is 42.1. The van der Waals surface area contributed by atoms with Crippen molar-refractivity contribution in [3.8, 4) is 27.4 Å². The van der Waals surface area contributed by atoms with Gasteiger partial charge in [0.2, 0.25) is 23.7 Å².